The molecule has 0 saturated heterocycles. The molecular weight excluding hydrogens is 334 g/mol. The fraction of sp³-hybridized carbons (Fsp3) is 0.421. The summed E-state index contributed by atoms with van der Waals surface area (Å²) in [4.78, 5) is 24.4. The van der Waals surface area contributed by atoms with Crippen molar-refractivity contribution in [3.05, 3.63) is 42.2 Å². The highest BCUT2D eigenvalue weighted by Crippen LogP contribution is 2.28. The molecule has 0 aliphatic heterocycles. The maximum Gasteiger partial charge on any atom is 0.329 e. The number of carboxylic acids is 1. The van der Waals surface area contributed by atoms with Crippen LogP contribution >= 0.6 is 0 Å². The van der Waals surface area contributed by atoms with Crippen molar-refractivity contribution in [3.63, 3.8) is 0 Å². The SMILES string of the molecule is COc1ccc(-n2ccc(C(=O)NC3(C(=O)O)CCCCCC3)n2)cc1. The Morgan fingerprint density at radius 3 is 2.35 bits per heavy atom. The van der Waals surface area contributed by atoms with E-state index in [4.69, 9.17) is 4.74 Å². The molecule has 0 unspecified atom stereocenters. The van der Waals surface area contributed by atoms with Crippen LogP contribution in [0.3, 0.4) is 0 Å². The smallest absolute Gasteiger partial charge is 0.329 e. The van der Waals surface area contributed by atoms with Crippen molar-refractivity contribution in [2.24, 2.45) is 0 Å². The summed E-state index contributed by atoms with van der Waals surface area (Å²) in [7, 11) is 1.59. The molecule has 1 fully saturated rings. The quantitative estimate of drug-likeness (QED) is 0.803. The zero-order chi connectivity index (χ0) is 18.6. The van der Waals surface area contributed by atoms with Crippen molar-refractivity contribution >= 4 is 11.9 Å². The Morgan fingerprint density at radius 1 is 1.12 bits per heavy atom. The van der Waals surface area contributed by atoms with E-state index >= 15 is 0 Å². The van der Waals surface area contributed by atoms with Gasteiger partial charge >= 0.3 is 5.97 Å². The average Bonchev–Trinajstić information content (AvgIpc) is 3.02. The van der Waals surface area contributed by atoms with Crippen molar-refractivity contribution in [2.75, 3.05) is 7.11 Å². The van der Waals surface area contributed by atoms with Crippen molar-refractivity contribution in [1.29, 1.82) is 0 Å². The summed E-state index contributed by atoms with van der Waals surface area (Å²) in [6.45, 7) is 0. The van der Waals surface area contributed by atoms with Gasteiger partial charge in [-0.3, -0.25) is 4.79 Å². The number of carbonyl (C=O) groups is 2. The number of hydrogen-bond acceptors (Lipinski definition) is 4. The number of methoxy groups -OCH3 is 1. The van der Waals surface area contributed by atoms with Crippen LogP contribution in [0, 0.1) is 0 Å². The third kappa shape index (κ3) is 3.71. The monoisotopic (exact) mass is 357 g/mol. The molecular formula is C19H23N3O4. The van der Waals surface area contributed by atoms with Crippen LogP contribution in [-0.2, 0) is 4.79 Å². The fourth-order valence-electron chi connectivity index (χ4n) is 3.33. The first-order chi connectivity index (χ1) is 12.5. The van der Waals surface area contributed by atoms with Gasteiger partial charge < -0.3 is 15.2 Å². The molecule has 0 radical (unpaired) electrons. The molecule has 1 aromatic heterocycles. The second kappa shape index (κ2) is 7.59. The summed E-state index contributed by atoms with van der Waals surface area (Å²) < 4.78 is 6.71. The van der Waals surface area contributed by atoms with E-state index in [9.17, 15) is 14.7 Å². The molecule has 7 nitrogen and oxygen atoms in total. The molecule has 2 N–H and O–H groups in total. The van der Waals surface area contributed by atoms with Crippen LogP contribution in [0.1, 0.15) is 49.0 Å². The van der Waals surface area contributed by atoms with Crippen LogP contribution in [-0.4, -0.2) is 39.4 Å². The molecule has 1 saturated carbocycles. The molecule has 2 aromatic rings. The number of rotatable bonds is 5. The lowest BCUT2D eigenvalue weighted by molar-refractivity contribution is -0.145. The number of nitrogens with one attached hydrogen (secondary N) is 1. The molecule has 3 rings (SSSR count). The van der Waals surface area contributed by atoms with Crippen LogP contribution in [0.4, 0.5) is 0 Å². The second-order valence-electron chi connectivity index (χ2n) is 6.60. The average molecular weight is 357 g/mol. The van der Waals surface area contributed by atoms with Gasteiger partial charge in [0.2, 0.25) is 0 Å². The molecule has 0 atom stereocenters. The van der Waals surface area contributed by atoms with Crippen LogP contribution in [0.2, 0.25) is 0 Å². The number of aliphatic carboxylic acids is 1. The van der Waals surface area contributed by atoms with E-state index in [0.29, 0.717) is 12.8 Å². The Bertz CT molecular complexity index is 774. The van der Waals surface area contributed by atoms with Crippen molar-refractivity contribution in [1.82, 2.24) is 15.1 Å². The van der Waals surface area contributed by atoms with Gasteiger partial charge in [0.15, 0.2) is 5.69 Å². The van der Waals surface area contributed by atoms with Crippen LogP contribution < -0.4 is 10.1 Å². The van der Waals surface area contributed by atoms with Gasteiger partial charge in [0.1, 0.15) is 11.3 Å². The summed E-state index contributed by atoms with van der Waals surface area (Å²) in [5.41, 5.74) is -0.213. The molecule has 138 valence electrons. The van der Waals surface area contributed by atoms with Gasteiger partial charge in [0, 0.05) is 6.20 Å². The van der Waals surface area contributed by atoms with Gasteiger partial charge in [-0.25, -0.2) is 9.48 Å². The van der Waals surface area contributed by atoms with E-state index in [2.05, 4.69) is 10.4 Å². The van der Waals surface area contributed by atoms with Crippen LogP contribution in [0.15, 0.2) is 36.5 Å². The van der Waals surface area contributed by atoms with Gasteiger partial charge in [-0.15, -0.1) is 0 Å². The third-order valence-corrected chi connectivity index (χ3v) is 4.88. The Labute approximate surface area is 152 Å². The third-order valence-electron chi connectivity index (χ3n) is 4.88. The van der Waals surface area contributed by atoms with Crippen LogP contribution in [0.25, 0.3) is 5.69 Å². The predicted octanol–water partition coefficient (Wildman–Crippen LogP) is 2.79. The van der Waals surface area contributed by atoms with E-state index in [1.165, 1.54) is 0 Å². The van der Waals surface area contributed by atoms with E-state index in [1.807, 2.05) is 24.3 Å². The second-order valence-corrected chi connectivity index (χ2v) is 6.60. The minimum Gasteiger partial charge on any atom is -0.497 e. The normalized spacial score (nSPS) is 16.5. The molecule has 26 heavy (non-hydrogen) atoms. The van der Waals surface area contributed by atoms with E-state index < -0.39 is 17.4 Å². The van der Waals surface area contributed by atoms with Gasteiger partial charge in [0.25, 0.3) is 5.91 Å². The highest BCUT2D eigenvalue weighted by Gasteiger charge is 2.40. The summed E-state index contributed by atoms with van der Waals surface area (Å²) in [5.74, 6) is -0.695. The molecule has 0 spiro atoms. The maximum atomic E-state index is 12.6. The molecule has 7 heteroatoms. The molecule has 1 aliphatic carbocycles. The molecule has 1 heterocycles. The molecule has 0 bridgehead atoms. The lowest BCUT2D eigenvalue weighted by Crippen LogP contribution is -2.54. The van der Waals surface area contributed by atoms with Gasteiger partial charge in [-0.2, -0.15) is 5.10 Å². The molecule has 1 amide bonds. The number of nitrogens with zero attached hydrogens (tertiary/aromatic N) is 2. The predicted molar refractivity (Wildman–Crippen MR) is 95.7 cm³/mol. The van der Waals surface area contributed by atoms with Gasteiger partial charge in [-0.05, 0) is 43.2 Å². The summed E-state index contributed by atoms with van der Waals surface area (Å²) in [6.07, 6.45) is 6.17. The largest absolute Gasteiger partial charge is 0.497 e. The number of amides is 1. The first-order valence-electron chi connectivity index (χ1n) is 8.80. The van der Waals surface area contributed by atoms with Crippen molar-refractivity contribution < 1.29 is 19.4 Å². The fourth-order valence-corrected chi connectivity index (χ4v) is 3.33. The van der Waals surface area contributed by atoms with Gasteiger partial charge in [-0.1, -0.05) is 25.7 Å². The summed E-state index contributed by atoms with van der Waals surface area (Å²) in [5, 5.41) is 16.7. The van der Waals surface area contributed by atoms with E-state index in [1.54, 1.807) is 24.1 Å². The zero-order valence-corrected chi connectivity index (χ0v) is 14.8. The maximum absolute atomic E-state index is 12.6. The topological polar surface area (TPSA) is 93.5 Å². The zero-order valence-electron chi connectivity index (χ0n) is 14.8. The van der Waals surface area contributed by atoms with Crippen molar-refractivity contribution in [3.8, 4) is 11.4 Å². The van der Waals surface area contributed by atoms with Crippen molar-refractivity contribution in [2.45, 2.75) is 44.1 Å². The minimum atomic E-state index is -1.20. The standard InChI is InChI=1S/C19H23N3O4/c1-26-15-8-6-14(7-9-15)22-13-10-16(21-22)17(23)20-19(18(24)25)11-4-2-3-5-12-19/h6-10,13H,2-5,11-12H2,1H3,(H,20,23)(H,24,25). The number of ether oxygens (including phenoxy) is 1. The summed E-state index contributed by atoms with van der Waals surface area (Å²) >= 11 is 0. The lowest BCUT2D eigenvalue weighted by atomic mass is 9.90. The Balaban J connectivity index is 1.77. The first kappa shape index (κ1) is 18.0. The van der Waals surface area contributed by atoms with E-state index in [-0.39, 0.29) is 5.69 Å². The number of carbonyl (C=O) groups excluding carboxylic acids is 1. The Kier molecular flexibility index (Phi) is 5.25. The molecule has 1 aliphatic rings. The number of aromatic nitrogens is 2. The highest BCUT2D eigenvalue weighted by atomic mass is 16.5. The number of benzene rings is 1. The minimum absolute atomic E-state index is 0.200. The molecule has 1 aromatic carbocycles. The highest BCUT2D eigenvalue weighted by molar-refractivity contribution is 5.96. The summed E-state index contributed by atoms with van der Waals surface area (Å²) in [6, 6.07) is 8.87. The Hall–Kier alpha value is -2.83. The number of carboxylic acid groups (broad SMARTS) is 1. The lowest BCUT2D eigenvalue weighted by Gasteiger charge is -2.28. The van der Waals surface area contributed by atoms with E-state index in [0.717, 1.165) is 37.1 Å². The Morgan fingerprint density at radius 2 is 1.77 bits per heavy atom. The number of hydrogen-bond donors (Lipinski definition) is 2. The first-order valence-corrected chi connectivity index (χ1v) is 8.80. The van der Waals surface area contributed by atoms with Gasteiger partial charge in [0.05, 0.1) is 12.8 Å². The van der Waals surface area contributed by atoms with Crippen LogP contribution in [0.5, 0.6) is 5.75 Å².